The van der Waals surface area contributed by atoms with E-state index < -0.39 is 17.9 Å². The molecular formula is C23H21N5O4. The van der Waals surface area contributed by atoms with Crippen LogP contribution in [0.25, 0.3) is 0 Å². The summed E-state index contributed by atoms with van der Waals surface area (Å²) in [6, 6.07) is 16.9. The van der Waals surface area contributed by atoms with Crippen LogP contribution in [0.3, 0.4) is 0 Å². The van der Waals surface area contributed by atoms with Crippen LogP contribution in [0.4, 0.5) is 11.6 Å². The minimum atomic E-state index is -1.14. The maximum absolute atomic E-state index is 12.2. The van der Waals surface area contributed by atoms with Crippen LogP contribution < -0.4 is 15.0 Å². The lowest BCUT2D eigenvalue weighted by Crippen LogP contribution is -2.58. The molecule has 9 heteroatoms. The van der Waals surface area contributed by atoms with Crippen molar-refractivity contribution in [3.05, 3.63) is 72.1 Å². The first kappa shape index (κ1) is 21.0. The van der Waals surface area contributed by atoms with Crippen molar-refractivity contribution in [2.45, 2.75) is 26.3 Å². The Bertz CT molecular complexity index is 1160. The Morgan fingerprint density at radius 2 is 1.69 bits per heavy atom. The highest BCUT2D eigenvalue weighted by Gasteiger charge is 2.37. The van der Waals surface area contributed by atoms with Gasteiger partial charge in [-0.2, -0.15) is 4.99 Å². The van der Waals surface area contributed by atoms with Gasteiger partial charge in [-0.3, -0.25) is 15.0 Å². The van der Waals surface area contributed by atoms with Gasteiger partial charge in [0.15, 0.2) is 0 Å². The van der Waals surface area contributed by atoms with Crippen molar-refractivity contribution in [2.75, 3.05) is 4.90 Å². The number of nitrogens with one attached hydrogen (secondary N) is 1. The molecule has 1 fully saturated rings. The third-order valence-corrected chi connectivity index (χ3v) is 4.73. The lowest BCUT2D eigenvalue weighted by molar-refractivity contribution is -0.140. The molecule has 0 saturated carbocycles. The van der Waals surface area contributed by atoms with Crippen molar-refractivity contribution in [3.8, 4) is 11.5 Å². The van der Waals surface area contributed by atoms with Crippen LogP contribution in [0, 0.1) is 13.8 Å². The quantitative estimate of drug-likeness (QED) is 0.636. The molecule has 2 N–H and O–H groups in total. The predicted octanol–water partition coefficient (Wildman–Crippen LogP) is 3.35. The number of anilines is 1. The highest BCUT2D eigenvalue weighted by Crippen LogP contribution is 2.28. The van der Waals surface area contributed by atoms with Gasteiger partial charge >= 0.3 is 5.97 Å². The number of aliphatic imine (C=N–C) groups is 1. The number of amides is 1. The molecule has 1 aliphatic heterocycles. The number of aryl methyl sites for hydroxylation is 2. The molecule has 9 nitrogen and oxygen atoms in total. The maximum atomic E-state index is 12.2. The van der Waals surface area contributed by atoms with E-state index in [2.05, 4.69) is 20.3 Å². The molecule has 0 bridgehead atoms. The van der Waals surface area contributed by atoms with E-state index >= 15 is 0 Å². The summed E-state index contributed by atoms with van der Waals surface area (Å²) in [6.45, 7) is 3.61. The zero-order valence-electron chi connectivity index (χ0n) is 17.5. The molecule has 0 spiro atoms. The average molecular weight is 431 g/mol. The van der Waals surface area contributed by atoms with Gasteiger partial charge in [-0.1, -0.05) is 18.2 Å². The molecular weight excluding hydrogens is 410 g/mol. The van der Waals surface area contributed by atoms with Crippen molar-refractivity contribution in [2.24, 2.45) is 4.99 Å². The molecule has 3 aromatic rings. The van der Waals surface area contributed by atoms with Gasteiger partial charge < -0.3 is 9.84 Å². The molecule has 32 heavy (non-hydrogen) atoms. The number of carboxylic acids is 1. The molecule has 1 aromatic heterocycles. The summed E-state index contributed by atoms with van der Waals surface area (Å²) in [5.74, 6) is -0.125. The standard InChI is InChI=1S/C23H21N5O4/c1-14-12-15(2)25-22(24-14)27-23-26-20(29)13-19(21(30)31)28(23)16-8-10-18(11-9-16)32-17-6-4-3-5-7-17/h3-12,19H,13H2,1-2H3,(H,30,31)(H,24,25,26,27,29)/t19-/m1/s1. The number of benzene rings is 2. The Morgan fingerprint density at radius 1 is 1.06 bits per heavy atom. The van der Waals surface area contributed by atoms with Gasteiger partial charge in [0.25, 0.3) is 5.95 Å². The number of carboxylic acid groups (broad SMARTS) is 1. The van der Waals surface area contributed by atoms with E-state index in [1.54, 1.807) is 44.2 Å². The Hall–Kier alpha value is -4.27. The molecule has 1 aliphatic rings. The fourth-order valence-corrected chi connectivity index (χ4v) is 3.38. The minimum Gasteiger partial charge on any atom is -0.480 e. The number of carbonyl (C=O) groups is 2. The van der Waals surface area contributed by atoms with E-state index in [1.807, 2.05) is 30.3 Å². The Balaban J connectivity index is 1.70. The number of rotatable bonds is 5. The third kappa shape index (κ3) is 4.72. The molecule has 2 aromatic carbocycles. The van der Waals surface area contributed by atoms with Crippen molar-refractivity contribution in [1.29, 1.82) is 0 Å². The number of guanidine groups is 1. The smallest absolute Gasteiger partial charge is 0.327 e. The number of hydrogen-bond acceptors (Lipinski definition) is 6. The Morgan fingerprint density at radius 3 is 2.31 bits per heavy atom. The van der Waals surface area contributed by atoms with E-state index in [0.29, 0.717) is 28.6 Å². The van der Waals surface area contributed by atoms with E-state index in [0.717, 1.165) is 0 Å². The first-order chi connectivity index (χ1) is 15.4. The molecule has 4 rings (SSSR count). The monoisotopic (exact) mass is 431 g/mol. The molecule has 0 radical (unpaired) electrons. The third-order valence-electron chi connectivity index (χ3n) is 4.73. The lowest BCUT2D eigenvalue weighted by Gasteiger charge is -2.35. The van der Waals surface area contributed by atoms with Crippen LogP contribution in [0.2, 0.25) is 0 Å². The number of nitrogens with zero attached hydrogens (tertiary/aromatic N) is 4. The van der Waals surface area contributed by atoms with Gasteiger partial charge in [-0.05, 0) is 56.3 Å². The number of aliphatic carboxylic acids is 1. The zero-order chi connectivity index (χ0) is 22.7. The largest absolute Gasteiger partial charge is 0.480 e. The summed E-state index contributed by atoms with van der Waals surface area (Å²) in [6.07, 6.45) is -0.218. The van der Waals surface area contributed by atoms with Crippen molar-refractivity contribution in [1.82, 2.24) is 15.3 Å². The summed E-state index contributed by atoms with van der Waals surface area (Å²) in [4.78, 5) is 38.5. The van der Waals surface area contributed by atoms with Crippen LogP contribution in [0.5, 0.6) is 11.5 Å². The summed E-state index contributed by atoms with van der Waals surface area (Å²) >= 11 is 0. The second-order valence-electron chi connectivity index (χ2n) is 7.27. The number of para-hydroxylation sites is 1. The van der Waals surface area contributed by atoms with Crippen molar-refractivity contribution >= 4 is 29.5 Å². The number of hydrogen-bond donors (Lipinski definition) is 2. The first-order valence-corrected chi connectivity index (χ1v) is 9.95. The van der Waals surface area contributed by atoms with Gasteiger partial charge in [-0.25, -0.2) is 14.8 Å². The van der Waals surface area contributed by atoms with Crippen molar-refractivity contribution in [3.63, 3.8) is 0 Å². The van der Waals surface area contributed by atoms with Gasteiger partial charge in [0.1, 0.15) is 17.5 Å². The van der Waals surface area contributed by atoms with Crippen LogP contribution in [0.1, 0.15) is 17.8 Å². The highest BCUT2D eigenvalue weighted by atomic mass is 16.5. The molecule has 0 aliphatic carbocycles. The predicted molar refractivity (Wildman–Crippen MR) is 118 cm³/mol. The molecule has 162 valence electrons. The SMILES string of the molecule is Cc1cc(C)nc(/N=C2\NC(=O)C[C@H](C(=O)O)N2c2ccc(Oc3ccccc3)cc2)n1. The minimum absolute atomic E-state index is 0.0513. The zero-order valence-corrected chi connectivity index (χ0v) is 17.5. The van der Waals surface area contributed by atoms with E-state index in [-0.39, 0.29) is 18.3 Å². The average Bonchev–Trinajstić information content (AvgIpc) is 2.74. The normalized spacial score (nSPS) is 17.2. The van der Waals surface area contributed by atoms with Crippen LogP contribution >= 0.6 is 0 Å². The summed E-state index contributed by atoms with van der Waals surface area (Å²) in [5.41, 5.74) is 1.95. The highest BCUT2D eigenvalue weighted by molar-refractivity contribution is 6.13. The molecule has 2 heterocycles. The summed E-state index contributed by atoms with van der Waals surface area (Å²) < 4.78 is 5.81. The lowest BCUT2D eigenvalue weighted by atomic mass is 10.1. The van der Waals surface area contributed by atoms with Gasteiger partial charge in [0, 0.05) is 17.1 Å². The fourth-order valence-electron chi connectivity index (χ4n) is 3.38. The second kappa shape index (κ2) is 8.84. The fraction of sp³-hybridized carbons (Fsp3) is 0.174. The molecule has 1 atom stereocenters. The number of carbonyl (C=O) groups excluding carboxylic acids is 1. The maximum Gasteiger partial charge on any atom is 0.327 e. The Kier molecular flexibility index (Phi) is 5.80. The van der Waals surface area contributed by atoms with E-state index in [1.165, 1.54) is 4.90 Å². The van der Waals surface area contributed by atoms with Gasteiger partial charge in [0.2, 0.25) is 11.9 Å². The van der Waals surface area contributed by atoms with Crippen LogP contribution in [-0.4, -0.2) is 39.0 Å². The van der Waals surface area contributed by atoms with Gasteiger partial charge in [-0.15, -0.1) is 0 Å². The van der Waals surface area contributed by atoms with Crippen molar-refractivity contribution < 1.29 is 19.4 Å². The number of ether oxygens (including phenoxy) is 1. The number of aromatic nitrogens is 2. The van der Waals surface area contributed by atoms with E-state index in [4.69, 9.17) is 4.74 Å². The molecule has 1 saturated heterocycles. The Labute approximate surface area is 184 Å². The van der Waals surface area contributed by atoms with Crippen LogP contribution in [-0.2, 0) is 9.59 Å². The van der Waals surface area contributed by atoms with Gasteiger partial charge in [0.05, 0.1) is 6.42 Å². The van der Waals surface area contributed by atoms with Crippen LogP contribution in [0.15, 0.2) is 65.7 Å². The molecule has 1 amide bonds. The second-order valence-corrected chi connectivity index (χ2v) is 7.27. The molecule has 0 unspecified atom stereocenters. The first-order valence-electron chi connectivity index (χ1n) is 9.95. The summed E-state index contributed by atoms with van der Waals surface area (Å²) in [7, 11) is 0. The van der Waals surface area contributed by atoms with E-state index in [9.17, 15) is 14.7 Å². The summed E-state index contributed by atoms with van der Waals surface area (Å²) in [5, 5.41) is 12.4. The topological polar surface area (TPSA) is 117 Å².